The summed E-state index contributed by atoms with van der Waals surface area (Å²) < 4.78 is 4.94. The highest BCUT2D eigenvalue weighted by atomic mass is 32.1. The molecule has 6 nitrogen and oxygen atoms in total. The highest BCUT2D eigenvalue weighted by Gasteiger charge is 2.17. The fourth-order valence-electron chi connectivity index (χ4n) is 1.72. The topological polar surface area (TPSA) is 83.6 Å². The fourth-order valence-corrected chi connectivity index (χ4v) is 2.51. The summed E-state index contributed by atoms with van der Waals surface area (Å²) in [5.74, 6) is -1.03. The maximum atomic E-state index is 12.1. The number of carbonyl (C=O) groups excluding carboxylic acids is 1. The molecule has 2 heterocycles. The van der Waals surface area contributed by atoms with Gasteiger partial charge >= 0.3 is 5.97 Å². The molecule has 0 aliphatic rings. The van der Waals surface area contributed by atoms with Gasteiger partial charge in [-0.2, -0.15) is 0 Å². The van der Waals surface area contributed by atoms with Crippen LogP contribution in [0.25, 0.3) is 6.08 Å². The molecule has 0 aromatic carbocycles. The molecule has 110 valence electrons. The summed E-state index contributed by atoms with van der Waals surface area (Å²) in [5, 5.41) is 14.1. The van der Waals surface area contributed by atoms with Gasteiger partial charge in [0, 0.05) is 30.6 Å². The summed E-state index contributed by atoms with van der Waals surface area (Å²) in [6.07, 6.45) is 2.61. The van der Waals surface area contributed by atoms with E-state index in [1.807, 2.05) is 11.4 Å². The molecule has 0 bridgehead atoms. The molecular weight excluding hydrogens is 292 g/mol. The predicted molar refractivity (Wildman–Crippen MR) is 78.0 cm³/mol. The molecule has 0 fully saturated rings. The first-order chi connectivity index (χ1) is 9.95. The third kappa shape index (κ3) is 4.03. The van der Waals surface area contributed by atoms with Crippen molar-refractivity contribution in [3.63, 3.8) is 0 Å². The molecule has 21 heavy (non-hydrogen) atoms. The number of hydrogen-bond donors (Lipinski definition) is 1. The van der Waals surface area contributed by atoms with Gasteiger partial charge < -0.3 is 14.5 Å². The zero-order valence-electron chi connectivity index (χ0n) is 11.6. The van der Waals surface area contributed by atoms with Gasteiger partial charge in [0.2, 0.25) is 5.76 Å². The van der Waals surface area contributed by atoms with Gasteiger partial charge in [0.05, 0.1) is 5.69 Å². The maximum absolute atomic E-state index is 12.1. The van der Waals surface area contributed by atoms with Crippen LogP contribution in [0.1, 0.15) is 26.7 Å². The molecule has 7 heteroatoms. The molecule has 0 aliphatic heterocycles. The molecule has 2 aromatic heterocycles. The standard InChI is InChI=1S/C14H14N2O4S/c1-9-5-12(20-15-9)14(19)16(2)7-10-6-11(21-8-10)3-4-13(17)18/h3-6,8H,7H2,1-2H3,(H,17,18). The van der Waals surface area contributed by atoms with Gasteiger partial charge in [-0.15, -0.1) is 11.3 Å². The van der Waals surface area contributed by atoms with Crippen LogP contribution in [0, 0.1) is 6.92 Å². The van der Waals surface area contributed by atoms with Gasteiger partial charge in [0.15, 0.2) is 0 Å². The van der Waals surface area contributed by atoms with Crippen LogP contribution in [0.15, 0.2) is 28.1 Å². The molecular formula is C14H14N2O4S. The van der Waals surface area contributed by atoms with Gasteiger partial charge in [0.1, 0.15) is 0 Å². The predicted octanol–water partition coefficient (Wildman–Crippen LogP) is 2.41. The molecule has 0 unspecified atom stereocenters. The second kappa shape index (κ2) is 6.36. The molecule has 0 spiro atoms. The Kier molecular flexibility index (Phi) is 4.54. The molecule has 1 amide bonds. The molecule has 2 rings (SSSR count). The molecule has 0 aliphatic carbocycles. The Labute approximate surface area is 125 Å². The van der Waals surface area contributed by atoms with E-state index in [9.17, 15) is 9.59 Å². The first-order valence-electron chi connectivity index (χ1n) is 6.13. The number of hydrogen-bond acceptors (Lipinski definition) is 5. The SMILES string of the molecule is Cc1cc(C(=O)N(C)Cc2csc(C=CC(=O)O)c2)on1. The van der Waals surface area contributed by atoms with Gasteiger partial charge in [-0.25, -0.2) is 4.79 Å². The van der Waals surface area contributed by atoms with Crippen molar-refractivity contribution in [1.82, 2.24) is 10.1 Å². The minimum absolute atomic E-state index is 0.205. The van der Waals surface area contributed by atoms with Gasteiger partial charge in [-0.1, -0.05) is 5.16 Å². The second-order valence-corrected chi connectivity index (χ2v) is 5.47. The largest absolute Gasteiger partial charge is 0.478 e. The van der Waals surface area contributed by atoms with Crippen LogP contribution in [0.2, 0.25) is 0 Å². The van der Waals surface area contributed by atoms with E-state index >= 15 is 0 Å². The van der Waals surface area contributed by atoms with Gasteiger partial charge in [-0.3, -0.25) is 4.79 Å². The number of thiophene rings is 1. The summed E-state index contributed by atoms with van der Waals surface area (Å²) in [7, 11) is 1.67. The van der Waals surface area contributed by atoms with Crippen LogP contribution in [0.3, 0.4) is 0 Å². The molecule has 0 atom stereocenters. The Hall–Kier alpha value is -2.41. The highest BCUT2D eigenvalue weighted by Crippen LogP contribution is 2.18. The number of carboxylic acid groups (broad SMARTS) is 1. The van der Waals surface area contributed by atoms with Crippen molar-refractivity contribution in [3.05, 3.63) is 45.5 Å². The smallest absolute Gasteiger partial charge is 0.328 e. The van der Waals surface area contributed by atoms with Crippen molar-refractivity contribution in [1.29, 1.82) is 0 Å². The first-order valence-corrected chi connectivity index (χ1v) is 7.01. The van der Waals surface area contributed by atoms with Crippen LogP contribution >= 0.6 is 11.3 Å². The number of carboxylic acids is 1. The van der Waals surface area contributed by atoms with E-state index in [4.69, 9.17) is 9.63 Å². The van der Waals surface area contributed by atoms with Crippen molar-refractivity contribution >= 4 is 29.3 Å². The second-order valence-electron chi connectivity index (χ2n) is 4.52. The summed E-state index contributed by atoms with van der Waals surface area (Å²) in [5.41, 5.74) is 1.58. The van der Waals surface area contributed by atoms with Crippen molar-refractivity contribution in [3.8, 4) is 0 Å². The van der Waals surface area contributed by atoms with E-state index in [-0.39, 0.29) is 11.7 Å². The van der Waals surface area contributed by atoms with E-state index in [1.54, 1.807) is 20.0 Å². The van der Waals surface area contributed by atoms with E-state index in [0.29, 0.717) is 12.2 Å². The molecule has 1 N–H and O–H groups in total. The lowest BCUT2D eigenvalue weighted by Crippen LogP contribution is -2.25. The summed E-state index contributed by atoms with van der Waals surface area (Å²) in [4.78, 5) is 24.9. The Morgan fingerprint density at radius 1 is 1.48 bits per heavy atom. The third-order valence-corrected chi connectivity index (χ3v) is 3.62. The minimum atomic E-state index is -0.988. The zero-order valence-corrected chi connectivity index (χ0v) is 12.4. The summed E-state index contributed by atoms with van der Waals surface area (Å²) in [6, 6.07) is 3.44. The van der Waals surface area contributed by atoms with Crippen molar-refractivity contribution in [2.45, 2.75) is 13.5 Å². The number of nitrogens with zero attached hydrogens (tertiary/aromatic N) is 2. The number of aryl methyl sites for hydroxylation is 1. The van der Waals surface area contributed by atoms with Crippen molar-refractivity contribution < 1.29 is 19.2 Å². The van der Waals surface area contributed by atoms with E-state index in [1.165, 1.54) is 22.3 Å². The fraction of sp³-hybridized carbons (Fsp3) is 0.214. The van der Waals surface area contributed by atoms with Gasteiger partial charge in [0.25, 0.3) is 5.91 Å². The normalized spacial score (nSPS) is 11.0. The Morgan fingerprint density at radius 3 is 2.86 bits per heavy atom. The average molecular weight is 306 g/mol. The molecule has 0 saturated carbocycles. The number of aromatic nitrogens is 1. The van der Waals surface area contributed by atoms with Crippen LogP contribution in [0.5, 0.6) is 0 Å². The monoisotopic (exact) mass is 306 g/mol. The Morgan fingerprint density at radius 2 is 2.24 bits per heavy atom. The summed E-state index contributed by atoms with van der Waals surface area (Å²) >= 11 is 1.42. The first kappa shape index (κ1) is 15.0. The summed E-state index contributed by atoms with van der Waals surface area (Å²) in [6.45, 7) is 2.16. The Bertz CT molecular complexity index is 687. The van der Waals surface area contributed by atoms with Crippen LogP contribution in [-0.2, 0) is 11.3 Å². The third-order valence-electron chi connectivity index (χ3n) is 2.67. The number of aliphatic carboxylic acids is 1. The Balaban J connectivity index is 2.01. The van der Waals surface area contributed by atoms with Crippen LogP contribution < -0.4 is 0 Å². The van der Waals surface area contributed by atoms with Crippen LogP contribution in [-0.4, -0.2) is 34.1 Å². The highest BCUT2D eigenvalue weighted by molar-refractivity contribution is 7.11. The number of rotatable bonds is 5. The van der Waals surface area contributed by atoms with Crippen molar-refractivity contribution in [2.75, 3.05) is 7.05 Å². The van der Waals surface area contributed by atoms with Crippen LogP contribution in [0.4, 0.5) is 0 Å². The van der Waals surface area contributed by atoms with E-state index in [2.05, 4.69) is 5.16 Å². The zero-order chi connectivity index (χ0) is 15.4. The maximum Gasteiger partial charge on any atom is 0.328 e. The number of carbonyl (C=O) groups is 2. The van der Waals surface area contributed by atoms with Gasteiger partial charge in [-0.05, 0) is 30.0 Å². The number of amides is 1. The quantitative estimate of drug-likeness (QED) is 0.858. The molecule has 2 aromatic rings. The molecule has 0 saturated heterocycles. The van der Waals surface area contributed by atoms with Crippen molar-refractivity contribution in [2.24, 2.45) is 0 Å². The lowest BCUT2D eigenvalue weighted by atomic mass is 10.2. The lowest BCUT2D eigenvalue weighted by molar-refractivity contribution is -0.131. The van der Waals surface area contributed by atoms with E-state index < -0.39 is 5.97 Å². The van der Waals surface area contributed by atoms with E-state index in [0.717, 1.165) is 16.5 Å². The lowest BCUT2D eigenvalue weighted by Gasteiger charge is -2.14. The molecule has 0 radical (unpaired) electrons. The average Bonchev–Trinajstić information content (AvgIpc) is 3.04. The minimum Gasteiger partial charge on any atom is -0.478 e.